The zero-order valence-electron chi connectivity index (χ0n) is 10.3. The topological polar surface area (TPSA) is 21.3 Å². The Morgan fingerprint density at radius 3 is 2.71 bits per heavy atom. The molecule has 1 atom stereocenters. The van der Waals surface area contributed by atoms with Gasteiger partial charge in [0.2, 0.25) is 0 Å². The van der Waals surface area contributed by atoms with E-state index in [9.17, 15) is 4.39 Å². The van der Waals surface area contributed by atoms with E-state index in [0.29, 0.717) is 5.92 Å². The van der Waals surface area contributed by atoms with E-state index in [0.717, 1.165) is 38.2 Å². The van der Waals surface area contributed by atoms with Gasteiger partial charge in [-0.25, -0.2) is 4.39 Å². The molecule has 1 saturated heterocycles. The van der Waals surface area contributed by atoms with Gasteiger partial charge in [0, 0.05) is 25.7 Å². The van der Waals surface area contributed by atoms with E-state index in [-0.39, 0.29) is 11.7 Å². The van der Waals surface area contributed by atoms with E-state index in [1.54, 1.807) is 12.1 Å². The van der Waals surface area contributed by atoms with Gasteiger partial charge in [0.15, 0.2) is 0 Å². The van der Waals surface area contributed by atoms with Gasteiger partial charge in [-0.3, -0.25) is 0 Å². The molecule has 0 radical (unpaired) electrons. The Balaban J connectivity index is 2.18. The van der Waals surface area contributed by atoms with E-state index in [4.69, 9.17) is 4.74 Å². The molecule has 2 rings (SSSR count). The molecule has 1 unspecified atom stereocenters. The van der Waals surface area contributed by atoms with Crippen molar-refractivity contribution in [3.63, 3.8) is 0 Å². The lowest BCUT2D eigenvalue weighted by atomic mass is 9.81. The van der Waals surface area contributed by atoms with Crippen molar-refractivity contribution in [2.75, 3.05) is 26.8 Å². The van der Waals surface area contributed by atoms with Gasteiger partial charge in [-0.1, -0.05) is 18.2 Å². The molecule has 1 aliphatic rings. The van der Waals surface area contributed by atoms with Crippen LogP contribution in [0.15, 0.2) is 24.3 Å². The first-order valence-electron chi connectivity index (χ1n) is 6.29. The highest BCUT2D eigenvalue weighted by molar-refractivity contribution is 5.23. The van der Waals surface area contributed by atoms with Crippen molar-refractivity contribution < 1.29 is 9.13 Å². The predicted molar refractivity (Wildman–Crippen MR) is 66.6 cm³/mol. The van der Waals surface area contributed by atoms with Gasteiger partial charge in [0.1, 0.15) is 5.82 Å². The van der Waals surface area contributed by atoms with Crippen molar-refractivity contribution in [2.45, 2.75) is 18.8 Å². The summed E-state index contributed by atoms with van der Waals surface area (Å²) in [6, 6.07) is 7.13. The lowest BCUT2D eigenvalue weighted by Crippen LogP contribution is -2.29. The highest BCUT2D eigenvalue weighted by Gasteiger charge is 2.26. The predicted octanol–water partition coefficient (Wildman–Crippen LogP) is 2.56. The SMILES string of the molecule is CNCC(c1ccccc1F)C1CCOCC1. The molecule has 0 aromatic heterocycles. The second kappa shape index (κ2) is 6.12. The van der Waals surface area contributed by atoms with Crippen LogP contribution in [0.25, 0.3) is 0 Å². The molecule has 1 aromatic rings. The first-order valence-corrected chi connectivity index (χ1v) is 6.29. The zero-order valence-corrected chi connectivity index (χ0v) is 10.3. The standard InChI is InChI=1S/C14H20FNO/c1-16-10-13(11-6-8-17-9-7-11)12-4-2-3-5-14(12)15/h2-5,11,13,16H,6-10H2,1H3. The Morgan fingerprint density at radius 2 is 2.06 bits per heavy atom. The van der Waals surface area contributed by atoms with Crippen molar-refractivity contribution in [3.05, 3.63) is 35.6 Å². The van der Waals surface area contributed by atoms with Crippen LogP contribution >= 0.6 is 0 Å². The molecule has 0 amide bonds. The molecule has 0 aliphatic carbocycles. The van der Waals surface area contributed by atoms with Crippen LogP contribution < -0.4 is 5.32 Å². The fraction of sp³-hybridized carbons (Fsp3) is 0.571. The van der Waals surface area contributed by atoms with Crippen LogP contribution in [0.2, 0.25) is 0 Å². The minimum absolute atomic E-state index is 0.0840. The maximum absolute atomic E-state index is 13.9. The Hall–Kier alpha value is -0.930. The summed E-state index contributed by atoms with van der Waals surface area (Å²) >= 11 is 0. The molecule has 94 valence electrons. The highest BCUT2D eigenvalue weighted by Crippen LogP contribution is 2.32. The summed E-state index contributed by atoms with van der Waals surface area (Å²) in [7, 11) is 1.92. The fourth-order valence-electron chi connectivity index (χ4n) is 2.64. The number of hydrogen-bond acceptors (Lipinski definition) is 2. The van der Waals surface area contributed by atoms with Crippen molar-refractivity contribution in [1.29, 1.82) is 0 Å². The third-order valence-electron chi connectivity index (χ3n) is 3.56. The molecule has 3 heteroatoms. The molecule has 1 heterocycles. The van der Waals surface area contributed by atoms with Gasteiger partial charge in [0.25, 0.3) is 0 Å². The van der Waals surface area contributed by atoms with Crippen LogP contribution in [0.5, 0.6) is 0 Å². The molecule has 1 aliphatic heterocycles. The Labute approximate surface area is 102 Å². The van der Waals surface area contributed by atoms with E-state index in [1.807, 2.05) is 19.2 Å². The number of hydrogen-bond donors (Lipinski definition) is 1. The Morgan fingerprint density at radius 1 is 1.35 bits per heavy atom. The van der Waals surface area contributed by atoms with Gasteiger partial charge in [-0.2, -0.15) is 0 Å². The molecule has 2 nitrogen and oxygen atoms in total. The lowest BCUT2D eigenvalue weighted by Gasteiger charge is -2.30. The van der Waals surface area contributed by atoms with Crippen LogP contribution in [0, 0.1) is 11.7 Å². The van der Waals surface area contributed by atoms with Gasteiger partial charge >= 0.3 is 0 Å². The number of benzene rings is 1. The molecular formula is C14H20FNO. The summed E-state index contributed by atoms with van der Waals surface area (Å²) in [5.41, 5.74) is 0.841. The number of rotatable bonds is 4. The third-order valence-corrected chi connectivity index (χ3v) is 3.56. The second-order valence-corrected chi connectivity index (χ2v) is 4.64. The summed E-state index contributed by atoms with van der Waals surface area (Å²) in [6.07, 6.45) is 2.06. The molecular weight excluding hydrogens is 217 g/mol. The summed E-state index contributed by atoms with van der Waals surface area (Å²) in [5.74, 6) is 0.692. The molecule has 0 saturated carbocycles. The first kappa shape index (κ1) is 12.5. The minimum Gasteiger partial charge on any atom is -0.381 e. The average molecular weight is 237 g/mol. The smallest absolute Gasteiger partial charge is 0.126 e. The normalized spacial score (nSPS) is 19.2. The zero-order chi connectivity index (χ0) is 12.1. The van der Waals surface area contributed by atoms with Crippen LogP contribution in [0.3, 0.4) is 0 Å². The van der Waals surface area contributed by atoms with E-state index < -0.39 is 0 Å². The van der Waals surface area contributed by atoms with E-state index in [2.05, 4.69) is 5.32 Å². The van der Waals surface area contributed by atoms with Crippen LogP contribution in [-0.4, -0.2) is 26.8 Å². The molecule has 1 fully saturated rings. The highest BCUT2D eigenvalue weighted by atomic mass is 19.1. The van der Waals surface area contributed by atoms with E-state index >= 15 is 0 Å². The van der Waals surface area contributed by atoms with Crippen LogP contribution in [0.1, 0.15) is 24.3 Å². The number of ether oxygens (including phenoxy) is 1. The third kappa shape index (κ3) is 3.05. The van der Waals surface area contributed by atoms with Gasteiger partial charge < -0.3 is 10.1 Å². The molecule has 1 aromatic carbocycles. The fourth-order valence-corrected chi connectivity index (χ4v) is 2.64. The summed E-state index contributed by atoms with van der Waals surface area (Å²) in [4.78, 5) is 0. The summed E-state index contributed by atoms with van der Waals surface area (Å²) in [5, 5.41) is 3.18. The monoisotopic (exact) mass is 237 g/mol. The number of halogens is 1. The first-order chi connectivity index (χ1) is 8.33. The van der Waals surface area contributed by atoms with Crippen LogP contribution in [0.4, 0.5) is 4.39 Å². The summed E-state index contributed by atoms with van der Waals surface area (Å²) in [6.45, 7) is 2.43. The van der Waals surface area contributed by atoms with Crippen molar-refractivity contribution >= 4 is 0 Å². The average Bonchev–Trinajstić information content (AvgIpc) is 2.38. The molecule has 1 N–H and O–H groups in total. The number of likely N-dealkylation sites (N-methyl/N-ethyl adjacent to an activating group) is 1. The maximum atomic E-state index is 13.9. The quantitative estimate of drug-likeness (QED) is 0.869. The molecule has 17 heavy (non-hydrogen) atoms. The van der Waals surface area contributed by atoms with Gasteiger partial charge in [-0.15, -0.1) is 0 Å². The van der Waals surface area contributed by atoms with Crippen molar-refractivity contribution in [3.8, 4) is 0 Å². The van der Waals surface area contributed by atoms with Gasteiger partial charge in [0.05, 0.1) is 0 Å². The lowest BCUT2D eigenvalue weighted by molar-refractivity contribution is 0.0575. The molecule has 0 spiro atoms. The largest absolute Gasteiger partial charge is 0.381 e. The maximum Gasteiger partial charge on any atom is 0.126 e. The van der Waals surface area contributed by atoms with Gasteiger partial charge in [-0.05, 0) is 37.4 Å². The van der Waals surface area contributed by atoms with Crippen molar-refractivity contribution in [1.82, 2.24) is 5.32 Å². The Kier molecular flexibility index (Phi) is 4.51. The minimum atomic E-state index is -0.0840. The molecule has 0 bridgehead atoms. The van der Waals surface area contributed by atoms with E-state index in [1.165, 1.54) is 0 Å². The summed E-state index contributed by atoms with van der Waals surface area (Å²) < 4.78 is 19.2. The van der Waals surface area contributed by atoms with Crippen molar-refractivity contribution in [2.24, 2.45) is 5.92 Å². The van der Waals surface area contributed by atoms with Crippen LogP contribution in [-0.2, 0) is 4.74 Å². The number of nitrogens with one attached hydrogen (secondary N) is 1. The Bertz CT molecular complexity index is 350. The second-order valence-electron chi connectivity index (χ2n) is 4.64.